The quantitative estimate of drug-likeness (QED) is 0.0988. The van der Waals surface area contributed by atoms with Gasteiger partial charge in [0, 0.05) is 33.4 Å². The van der Waals surface area contributed by atoms with Gasteiger partial charge < -0.3 is 0 Å². The van der Waals surface area contributed by atoms with Crippen molar-refractivity contribution in [3.8, 4) is 47.4 Å². The summed E-state index contributed by atoms with van der Waals surface area (Å²) < 4.78 is 0. The van der Waals surface area contributed by atoms with Crippen LogP contribution < -0.4 is 15.6 Å². The molecule has 0 saturated heterocycles. The summed E-state index contributed by atoms with van der Waals surface area (Å²) in [4.78, 5) is 0. The molecule has 6 aromatic carbocycles. The Morgan fingerprint density at radius 3 is 1.23 bits per heavy atom. The molecule has 7 rings (SSSR count). The van der Waals surface area contributed by atoms with Crippen LogP contribution in [0.2, 0.25) is 0 Å². The van der Waals surface area contributed by atoms with Gasteiger partial charge in [0.25, 0.3) is 0 Å². The zero-order valence-corrected chi connectivity index (χ0v) is 30.6. The van der Waals surface area contributed by atoms with Crippen LogP contribution in [0.25, 0.3) is 0 Å². The average Bonchev–Trinajstić information content (AvgIpc) is 3.22. The fraction of sp³-hybridized carbons (Fsp3) is 0.0385. The zero-order chi connectivity index (χ0) is 36.1. The Morgan fingerprint density at radius 2 is 0.811 bits per heavy atom. The zero-order valence-electron chi connectivity index (χ0n) is 29.6. The second-order valence-corrected chi connectivity index (χ2v) is 16.5. The van der Waals surface area contributed by atoms with Crippen molar-refractivity contribution in [3.05, 3.63) is 232 Å². The normalized spacial score (nSPS) is 12.4. The van der Waals surface area contributed by atoms with E-state index in [0.717, 1.165) is 39.8 Å². The highest BCUT2D eigenvalue weighted by Gasteiger charge is 2.42. The van der Waals surface area contributed by atoms with Crippen LogP contribution in [-0.4, -0.2) is 8.07 Å². The summed E-state index contributed by atoms with van der Waals surface area (Å²) in [5, 5.41) is 5.11. The van der Waals surface area contributed by atoms with Crippen LogP contribution in [-0.2, 0) is 0 Å². The Morgan fingerprint density at radius 1 is 0.434 bits per heavy atom. The minimum absolute atomic E-state index is 0.824. The molecule has 0 aromatic heterocycles. The first-order valence-electron chi connectivity index (χ1n) is 17.7. The molecule has 0 amide bonds. The molecule has 1 aliphatic carbocycles. The molecule has 1 aliphatic rings. The summed E-state index contributed by atoms with van der Waals surface area (Å²) in [5.41, 5.74) is 7.14. The maximum Gasteiger partial charge on any atom is 0.179 e. The van der Waals surface area contributed by atoms with Gasteiger partial charge in [-0.15, -0.1) is 5.92 Å². The molecule has 0 fully saturated rings. The van der Waals surface area contributed by atoms with Gasteiger partial charge in [0.1, 0.15) is 0 Å². The Kier molecular flexibility index (Phi) is 10.9. The third kappa shape index (κ3) is 8.32. The number of hydrogen-bond donors (Lipinski definition) is 0. The van der Waals surface area contributed by atoms with E-state index in [4.69, 9.17) is 0 Å². The molecule has 0 bridgehead atoms. The van der Waals surface area contributed by atoms with Gasteiger partial charge in [0.05, 0.1) is 0 Å². The van der Waals surface area contributed by atoms with Gasteiger partial charge in [0.15, 0.2) is 8.07 Å². The third-order valence-electron chi connectivity index (χ3n) is 9.15. The van der Waals surface area contributed by atoms with E-state index >= 15 is 0 Å². The summed E-state index contributed by atoms with van der Waals surface area (Å²) >= 11 is 0. The number of rotatable bonds is 4. The topological polar surface area (TPSA) is 0 Å². The molecule has 1 heteroatoms. The van der Waals surface area contributed by atoms with Crippen molar-refractivity contribution in [3.63, 3.8) is 0 Å². The van der Waals surface area contributed by atoms with E-state index in [0.29, 0.717) is 0 Å². The molecule has 53 heavy (non-hydrogen) atoms. The van der Waals surface area contributed by atoms with Crippen molar-refractivity contribution in [2.75, 3.05) is 0 Å². The Bertz CT molecular complexity index is 2440. The van der Waals surface area contributed by atoms with Crippen LogP contribution in [0.1, 0.15) is 46.7 Å². The van der Waals surface area contributed by atoms with Crippen LogP contribution in [0.15, 0.2) is 199 Å². The first-order chi connectivity index (χ1) is 26.2. The highest BCUT2D eigenvalue weighted by Crippen LogP contribution is 2.26. The summed E-state index contributed by atoms with van der Waals surface area (Å²) in [6.45, 7) is 1.88. The van der Waals surface area contributed by atoms with Crippen molar-refractivity contribution >= 4 is 23.6 Å². The van der Waals surface area contributed by atoms with Crippen molar-refractivity contribution in [1.29, 1.82) is 0 Å². The van der Waals surface area contributed by atoms with E-state index in [2.05, 4.69) is 144 Å². The maximum absolute atomic E-state index is 3.38. The molecule has 0 aliphatic heterocycles. The smallest absolute Gasteiger partial charge is 0.101 e. The molecule has 0 unspecified atom stereocenters. The van der Waals surface area contributed by atoms with Crippen molar-refractivity contribution < 1.29 is 0 Å². The first-order valence-corrected chi connectivity index (χ1v) is 19.7. The number of benzene rings is 6. The minimum Gasteiger partial charge on any atom is -0.101 e. The standard InChI is InChI=1S/C52H36Si/c1-2-14-42-29-35-49(36-30-42)53(50-37-31-46(32-38-50)27-25-44-17-8-4-9-18-44,51-39-33-47(34-40-51)28-26-45-19-10-5-11-20-45)52-24-13-23-48(41-52)22-12-21-43-15-6-3-7-16-43/h3-11,13,15-20,22,24,29-41H,23H2,1H3. The Balaban J connectivity index is 1.40. The molecular weight excluding hydrogens is 653 g/mol. The lowest BCUT2D eigenvalue weighted by Gasteiger charge is -2.36. The van der Waals surface area contributed by atoms with Crippen LogP contribution in [0, 0.1) is 47.4 Å². The fourth-order valence-electron chi connectivity index (χ4n) is 6.58. The van der Waals surface area contributed by atoms with Crippen molar-refractivity contribution in [2.45, 2.75) is 13.3 Å². The highest BCUT2D eigenvalue weighted by atomic mass is 28.3. The largest absolute Gasteiger partial charge is 0.179 e. The van der Waals surface area contributed by atoms with Gasteiger partial charge >= 0.3 is 0 Å². The van der Waals surface area contributed by atoms with E-state index in [1.54, 1.807) is 0 Å². The minimum atomic E-state index is -2.89. The van der Waals surface area contributed by atoms with Gasteiger partial charge in [-0.05, 0) is 119 Å². The molecule has 0 spiro atoms. The van der Waals surface area contributed by atoms with Crippen molar-refractivity contribution in [2.24, 2.45) is 0 Å². The Hall–Kier alpha value is -7.00. The summed E-state index contributed by atoms with van der Waals surface area (Å²) in [5.74, 6) is 26.4. The molecule has 0 heterocycles. The molecular formula is C52H36Si. The molecule has 0 N–H and O–H groups in total. The van der Waals surface area contributed by atoms with Crippen molar-refractivity contribution in [1.82, 2.24) is 0 Å². The predicted octanol–water partition coefficient (Wildman–Crippen LogP) is 8.73. The summed E-state index contributed by atoms with van der Waals surface area (Å²) in [7, 11) is -2.89. The maximum atomic E-state index is 3.38. The van der Waals surface area contributed by atoms with Gasteiger partial charge in [0.2, 0.25) is 0 Å². The lowest BCUT2D eigenvalue weighted by molar-refractivity contribution is 1.26. The summed E-state index contributed by atoms with van der Waals surface area (Å²) in [6, 6.07) is 57.1. The number of allylic oxidation sites excluding steroid dienone is 6. The number of hydrogen-bond acceptors (Lipinski definition) is 0. The molecule has 0 nitrogen and oxygen atoms in total. The monoisotopic (exact) mass is 688 g/mol. The molecule has 0 radical (unpaired) electrons. The van der Waals surface area contributed by atoms with Gasteiger partial charge in [-0.1, -0.05) is 151 Å². The van der Waals surface area contributed by atoms with Crippen LogP contribution >= 0.6 is 0 Å². The predicted molar refractivity (Wildman–Crippen MR) is 225 cm³/mol. The van der Waals surface area contributed by atoms with Crippen LogP contribution in [0.3, 0.4) is 0 Å². The van der Waals surface area contributed by atoms with E-state index in [9.17, 15) is 0 Å². The van der Waals surface area contributed by atoms with E-state index < -0.39 is 8.07 Å². The van der Waals surface area contributed by atoms with E-state index in [-0.39, 0.29) is 0 Å². The van der Waals surface area contributed by atoms with Crippen LogP contribution in [0.5, 0.6) is 0 Å². The molecule has 6 aromatic rings. The average molecular weight is 689 g/mol. The van der Waals surface area contributed by atoms with Gasteiger partial charge in [-0.3, -0.25) is 0 Å². The third-order valence-corrected chi connectivity index (χ3v) is 13.9. The summed E-state index contributed by atoms with van der Waals surface area (Å²) in [6.07, 6.45) is 9.88. The molecule has 0 atom stereocenters. The van der Waals surface area contributed by atoms with Gasteiger partial charge in [-0.2, -0.15) is 0 Å². The second-order valence-electron chi connectivity index (χ2n) is 12.6. The first kappa shape index (κ1) is 34.4. The van der Waals surface area contributed by atoms with E-state index in [1.165, 1.54) is 26.3 Å². The molecule has 0 saturated carbocycles. The second kappa shape index (κ2) is 16.8. The Labute approximate surface area is 315 Å². The van der Waals surface area contributed by atoms with Gasteiger partial charge in [-0.25, -0.2) is 0 Å². The highest BCUT2D eigenvalue weighted by molar-refractivity contribution is 7.16. The SMILES string of the molecule is CC#Cc1ccc([Si](C2=CC(=CC#Cc3ccccc3)CC=C2)(c2ccc(C#Cc3ccccc3)cc2)c2ccc(C#Cc3ccccc3)cc2)cc1. The van der Waals surface area contributed by atoms with E-state index in [1.807, 2.05) is 97.9 Å². The van der Waals surface area contributed by atoms with Crippen LogP contribution in [0.4, 0.5) is 0 Å². The lowest BCUT2D eigenvalue weighted by Crippen LogP contribution is -2.68. The lowest BCUT2D eigenvalue weighted by atomic mass is 10.1. The fourth-order valence-corrected chi connectivity index (χ4v) is 11.4. The molecule has 248 valence electrons.